The lowest BCUT2D eigenvalue weighted by molar-refractivity contribution is 0.104. The van der Waals surface area contributed by atoms with Crippen LogP contribution in [0.25, 0.3) is 5.83 Å². The van der Waals surface area contributed by atoms with E-state index in [0.717, 1.165) is 6.08 Å². The number of allylic oxidation sites excluding steroid dienone is 1. The zero-order valence-electron chi connectivity index (χ0n) is 9.14. The molecule has 84 valence electrons. The second-order valence-corrected chi connectivity index (χ2v) is 3.59. The molecule has 0 spiro atoms. The normalized spacial score (nSPS) is 11.2. The van der Waals surface area contributed by atoms with E-state index in [4.69, 9.17) is 0 Å². The predicted octanol–water partition coefficient (Wildman–Crippen LogP) is 3.88. The average Bonchev–Trinajstić information content (AvgIpc) is 2.40. The van der Waals surface area contributed by atoms with Crippen LogP contribution in [0.4, 0.5) is 4.39 Å². The van der Waals surface area contributed by atoms with E-state index in [1.807, 2.05) is 6.07 Å². The lowest BCUT2D eigenvalue weighted by Gasteiger charge is -1.98. The molecule has 0 bridgehead atoms. The summed E-state index contributed by atoms with van der Waals surface area (Å²) < 4.78 is 13.7. The molecule has 0 saturated carbocycles. The fourth-order valence-corrected chi connectivity index (χ4v) is 1.48. The highest BCUT2D eigenvalue weighted by molar-refractivity contribution is 6.07. The Bertz CT molecular complexity index is 529. The first-order valence-corrected chi connectivity index (χ1v) is 5.29. The highest BCUT2D eigenvalue weighted by Crippen LogP contribution is 2.16. The number of hydrogen-bond acceptors (Lipinski definition) is 1. The van der Waals surface area contributed by atoms with Gasteiger partial charge < -0.3 is 0 Å². The topological polar surface area (TPSA) is 17.1 Å². The molecule has 0 aliphatic carbocycles. The Morgan fingerprint density at radius 3 is 1.82 bits per heavy atom. The summed E-state index contributed by atoms with van der Waals surface area (Å²) in [4.78, 5) is 11.7. The number of carbonyl (C=O) groups is 1. The van der Waals surface area contributed by atoms with Gasteiger partial charge in [-0.1, -0.05) is 60.7 Å². The Morgan fingerprint density at radius 2 is 1.29 bits per heavy atom. The second kappa shape index (κ2) is 5.21. The minimum atomic E-state index is -0.514. The van der Waals surface area contributed by atoms with E-state index in [1.165, 1.54) is 0 Å². The van der Waals surface area contributed by atoms with Crippen LogP contribution < -0.4 is 0 Å². The molecule has 2 rings (SSSR count). The van der Waals surface area contributed by atoms with Crippen molar-refractivity contribution in [3.63, 3.8) is 0 Å². The van der Waals surface area contributed by atoms with Gasteiger partial charge in [-0.2, -0.15) is 0 Å². The van der Waals surface area contributed by atoms with Crippen molar-refractivity contribution in [2.75, 3.05) is 0 Å². The summed E-state index contributed by atoms with van der Waals surface area (Å²) in [6.07, 6.45) is 1.02. The fraction of sp³-hybridized carbons (Fsp3) is 0. The maximum atomic E-state index is 13.7. The number of halogens is 1. The van der Waals surface area contributed by atoms with Crippen LogP contribution in [0.1, 0.15) is 15.9 Å². The molecule has 0 fully saturated rings. The van der Waals surface area contributed by atoms with Crippen LogP contribution in [0.15, 0.2) is 66.7 Å². The van der Waals surface area contributed by atoms with E-state index in [0.29, 0.717) is 11.1 Å². The smallest absolute Gasteiger partial charge is 0.188 e. The minimum absolute atomic E-state index is 0.327. The third-order valence-electron chi connectivity index (χ3n) is 2.37. The van der Waals surface area contributed by atoms with E-state index in [9.17, 15) is 9.18 Å². The lowest BCUT2D eigenvalue weighted by Crippen LogP contribution is -1.94. The van der Waals surface area contributed by atoms with Gasteiger partial charge in [0.15, 0.2) is 5.78 Å². The van der Waals surface area contributed by atoms with Crippen molar-refractivity contribution in [3.05, 3.63) is 77.9 Å². The average molecular weight is 226 g/mol. The number of benzene rings is 2. The van der Waals surface area contributed by atoms with Crippen LogP contribution in [-0.2, 0) is 0 Å². The van der Waals surface area contributed by atoms with Crippen LogP contribution in [0.2, 0.25) is 0 Å². The van der Waals surface area contributed by atoms with Crippen LogP contribution in [0.5, 0.6) is 0 Å². The summed E-state index contributed by atoms with van der Waals surface area (Å²) in [5.74, 6) is -0.841. The summed E-state index contributed by atoms with van der Waals surface area (Å²) in [5.41, 5.74) is 0.898. The largest absolute Gasteiger partial charge is 0.289 e. The van der Waals surface area contributed by atoms with Gasteiger partial charge in [0, 0.05) is 17.2 Å². The van der Waals surface area contributed by atoms with Gasteiger partial charge in [-0.15, -0.1) is 0 Å². The molecule has 2 heteroatoms. The molecule has 17 heavy (non-hydrogen) atoms. The zero-order valence-corrected chi connectivity index (χ0v) is 9.14. The molecule has 0 radical (unpaired) electrons. The Balaban J connectivity index is 2.24. The number of hydrogen-bond donors (Lipinski definition) is 0. The number of rotatable bonds is 3. The summed E-state index contributed by atoms with van der Waals surface area (Å²) in [7, 11) is 0. The molecule has 0 aliphatic rings. The standard InChI is InChI=1S/C15H11FO/c16-14(12-7-3-1-4-8-12)11-15(17)13-9-5-2-6-10-13/h1-11H. The van der Waals surface area contributed by atoms with Crippen molar-refractivity contribution in [1.82, 2.24) is 0 Å². The molecular weight excluding hydrogens is 215 g/mol. The third-order valence-corrected chi connectivity index (χ3v) is 2.37. The van der Waals surface area contributed by atoms with Gasteiger partial charge in [-0.25, -0.2) is 4.39 Å². The number of ketones is 1. The Labute approximate surface area is 99.2 Å². The first kappa shape index (κ1) is 11.3. The van der Waals surface area contributed by atoms with Gasteiger partial charge >= 0.3 is 0 Å². The quantitative estimate of drug-likeness (QED) is 0.573. The van der Waals surface area contributed by atoms with Gasteiger partial charge in [0.25, 0.3) is 0 Å². The van der Waals surface area contributed by atoms with Crippen LogP contribution in [0, 0.1) is 0 Å². The zero-order chi connectivity index (χ0) is 12.1. The van der Waals surface area contributed by atoms with E-state index in [-0.39, 0.29) is 5.78 Å². The Morgan fingerprint density at radius 1 is 0.824 bits per heavy atom. The molecule has 2 aromatic rings. The van der Waals surface area contributed by atoms with E-state index in [2.05, 4.69) is 0 Å². The first-order valence-electron chi connectivity index (χ1n) is 5.29. The van der Waals surface area contributed by atoms with Crippen LogP contribution in [0.3, 0.4) is 0 Å². The Kier molecular flexibility index (Phi) is 3.46. The molecule has 0 amide bonds. The molecule has 0 unspecified atom stereocenters. The first-order chi connectivity index (χ1) is 8.27. The lowest BCUT2D eigenvalue weighted by atomic mass is 10.1. The molecule has 1 nitrogen and oxygen atoms in total. The molecule has 0 heterocycles. The van der Waals surface area contributed by atoms with E-state index < -0.39 is 5.83 Å². The molecular formula is C15H11FO. The van der Waals surface area contributed by atoms with Gasteiger partial charge in [0.1, 0.15) is 5.83 Å². The van der Waals surface area contributed by atoms with Gasteiger partial charge in [0.05, 0.1) is 0 Å². The van der Waals surface area contributed by atoms with Crippen molar-refractivity contribution in [3.8, 4) is 0 Å². The predicted molar refractivity (Wildman–Crippen MR) is 66.3 cm³/mol. The van der Waals surface area contributed by atoms with Crippen molar-refractivity contribution in [2.45, 2.75) is 0 Å². The fourth-order valence-electron chi connectivity index (χ4n) is 1.48. The maximum Gasteiger partial charge on any atom is 0.188 e. The van der Waals surface area contributed by atoms with Crippen molar-refractivity contribution in [2.24, 2.45) is 0 Å². The van der Waals surface area contributed by atoms with Crippen molar-refractivity contribution in [1.29, 1.82) is 0 Å². The Hall–Kier alpha value is -2.22. The number of carbonyl (C=O) groups excluding carboxylic acids is 1. The summed E-state index contributed by atoms with van der Waals surface area (Å²) in [6.45, 7) is 0. The molecule has 0 aromatic heterocycles. The molecule has 0 aliphatic heterocycles. The molecule has 0 saturated heterocycles. The monoisotopic (exact) mass is 226 g/mol. The second-order valence-electron chi connectivity index (χ2n) is 3.59. The summed E-state index contributed by atoms with van der Waals surface area (Å²) >= 11 is 0. The van der Waals surface area contributed by atoms with Crippen molar-refractivity contribution >= 4 is 11.6 Å². The van der Waals surface area contributed by atoms with Crippen molar-refractivity contribution < 1.29 is 9.18 Å². The van der Waals surface area contributed by atoms with Gasteiger partial charge in [0.2, 0.25) is 0 Å². The van der Waals surface area contributed by atoms with Gasteiger partial charge in [-0.3, -0.25) is 4.79 Å². The SMILES string of the molecule is O=C(C=C(F)c1ccccc1)c1ccccc1. The van der Waals surface area contributed by atoms with Crippen LogP contribution >= 0.6 is 0 Å². The van der Waals surface area contributed by atoms with E-state index >= 15 is 0 Å². The highest BCUT2D eigenvalue weighted by Gasteiger charge is 2.05. The molecule has 0 atom stereocenters. The van der Waals surface area contributed by atoms with Crippen LogP contribution in [-0.4, -0.2) is 5.78 Å². The maximum absolute atomic E-state index is 13.7. The molecule has 0 N–H and O–H groups in total. The summed E-state index contributed by atoms with van der Waals surface area (Å²) in [5, 5.41) is 0. The van der Waals surface area contributed by atoms with E-state index in [1.54, 1.807) is 54.6 Å². The van der Waals surface area contributed by atoms with Gasteiger partial charge in [-0.05, 0) is 0 Å². The summed E-state index contributed by atoms with van der Waals surface area (Å²) in [6, 6.07) is 17.2. The molecule has 2 aromatic carbocycles. The minimum Gasteiger partial charge on any atom is -0.289 e. The third kappa shape index (κ3) is 2.88. The highest BCUT2D eigenvalue weighted by atomic mass is 19.1.